The van der Waals surface area contributed by atoms with Gasteiger partial charge in [-0.1, -0.05) is 18.2 Å². The van der Waals surface area contributed by atoms with Crippen molar-refractivity contribution < 1.29 is 14.8 Å². The number of nitrogens with one attached hydrogen (secondary N) is 1. The Kier molecular flexibility index (Phi) is 4.59. The Hall–Kier alpha value is -1.95. The average Bonchev–Trinajstić information content (AvgIpc) is 2.29. The van der Waals surface area contributed by atoms with E-state index in [0.717, 1.165) is 0 Å². The molecule has 0 bridgehead atoms. The molecule has 0 saturated carbocycles. The molecule has 17 heavy (non-hydrogen) atoms. The fraction of sp³-hybridized carbons (Fsp3) is 0.364. The Morgan fingerprint density at radius 3 is 2.76 bits per heavy atom. The molecule has 0 amide bonds. The van der Waals surface area contributed by atoms with Crippen LogP contribution in [0.15, 0.2) is 24.3 Å². The normalized spacial score (nSPS) is 12.1. The highest BCUT2D eigenvalue weighted by Gasteiger charge is 2.13. The second kappa shape index (κ2) is 5.95. The van der Waals surface area contributed by atoms with Crippen molar-refractivity contribution in [2.45, 2.75) is 19.4 Å². The highest BCUT2D eigenvalue weighted by Crippen LogP contribution is 2.17. The number of nitro benzene ring substituents is 1. The maximum absolute atomic E-state index is 10.7. The Balaban J connectivity index is 2.58. The molecular weight excluding hydrogens is 224 g/mol. The van der Waals surface area contributed by atoms with E-state index in [0.29, 0.717) is 18.5 Å². The Bertz CT molecular complexity index is 420. The van der Waals surface area contributed by atoms with Crippen molar-refractivity contribution in [3.05, 3.63) is 39.9 Å². The number of carboxylic acids is 1. The molecule has 0 radical (unpaired) electrons. The van der Waals surface area contributed by atoms with E-state index in [1.807, 2.05) is 0 Å². The highest BCUT2D eigenvalue weighted by atomic mass is 16.6. The summed E-state index contributed by atoms with van der Waals surface area (Å²) in [5, 5.41) is 22.1. The maximum atomic E-state index is 10.7. The van der Waals surface area contributed by atoms with Crippen molar-refractivity contribution in [3.63, 3.8) is 0 Å². The molecule has 0 fully saturated rings. The fourth-order valence-corrected chi connectivity index (χ4v) is 1.41. The summed E-state index contributed by atoms with van der Waals surface area (Å²) < 4.78 is 0. The number of hydrogen-bond donors (Lipinski definition) is 2. The van der Waals surface area contributed by atoms with Crippen LogP contribution in [0.3, 0.4) is 0 Å². The lowest BCUT2D eigenvalue weighted by Crippen LogP contribution is -2.35. The van der Waals surface area contributed by atoms with Crippen LogP contribution < -0.4 is 5.32 Å². The van der Waals surface area contributed by atoms with E-state index < -0.39 is 16.9 Å². The second-order valence-corrected chi connectivity index (χ2v) is 3.65. The molecule has 1 aromatic rings. The van der Waals surface area contributed by atoms with Crippen LogP contribution in [0.25, 0.3) is 0 Å². The summed E-state index contributed by atoms with van der Waals surface area (Å²) >= 11 is 0. The number of rotatable bonds is 6. The molecule has 0 saturated heterocycles. The van der Waals surface area contributed by atoms with Gasteiger partial charge in [-0.3, -0.25) is 14.9 Å². The summed E-state index contributed by atoms with van der Waals surface area (Å²) in [7, 11) is 0. The first-order valence-corrected chi connectivity index (χ1v) is 5.21. The summed E-state index contributed by atoms with van der Waals surface area (Å²) in [6.45, 7) is 1.92. The van der Waals surface area contributed by atoms with E-state index in [9.17, 15) is 14.9 Å². The lowest BCUT2D eigenvalue weighted by Gasteiger charge is -2.08. The third kappa shape index (κ3) is 3.84. The molecule has 1 atom stereocenters. The molecule has 92 valence electrons. The van der Waals surface area contributed by atoms with Crippen molar-refractivity contribution in [1.29, 1.82) is 0 Å². The Morgan fingerprint density at radius 2 is 2.18 bits per heavy atom. The van der Waals surface area contributed by atoms with Crippen LogP contribution in [0.5, 0.6) is 0 Å². The Labute approximate surface area is 98.4 Å². The van der Waals surface area contributed by atoms with Gasteiger partial charge in [-0.25, -0.2) is 0 Å². The highest BCUT2D eigenvalue weighted by molar-refractivity contribution is 5.72. The first-order chi connectivity index (χ1) is 8.02. The quantitative estimate of drug-likeness (QED) is 0.573. The molecule has 0 spiro atoms. The number of carboxylic acid groups (broad SMARTS) is 1. The number of benzene rings is 1. The largest absolute Gasteiger partial charge is 0.480 e. The van der Waals surface area contributed by atoms with Gasteiger partial charge in [0, 0.05) is 18.2 Å². The molecule has 0 heterocycles. The molecule has 6 nitrogen and oxygen atoms in total. The van der Waals surface area contributed by atoms with Gasteiger partial charge in [-0.15, -0.1) is 0 Å². The van der Waals surface area contributed by atoms with E-state index in [1.54, 1.807) is 18.2 Å². The molecule has 0 aliphatic heterocycles. The number of para-hydroxylation sites is 1. The first kappa shape index (κ1) is 13.1. The smallest absolute Gasteiger partial charge is 0.320 e. The minimum Gasteiger partial charge on any atom is -0.480 e. The summed E-state index contributed by atoms with van der Waals surface area (Å²) in [6, 6.07) is 5.79. The van der Waals surface area contributed by atoms with E-state index in [-0.39, 0.29) is 5.69 Å². The summed E-state index contributed by atoms with van der Waals surface area (Å²) in [4.78, 5) is 20.8. The third-order valence-corrected chi connectivity index (χ3v) is 2.40. The van der Waals surface area contributed by atoms with Crippen LogP contribution in [0, 0.1) is 10.1 Å². The van der Waals surface area contributed by atoms with Crippen LogP contribution >= 0.6 is 0 Å². The summed E-state index contributed by atoms with van der Waals surface area (Å²) in [6.07, 6.45) is 0.425. The molecule has 0 aromatic heterocycles. The van der Waals surface area contributed by atoms with Crippen LogP contribution in [-0.2, 0) is 11.2 Å². The van der Waals surface area contributed by atoms with Crippen molar-refractivity contribution in [2.24, 2.45) is 0 Å². The van der Waals surface area contributed by atoms with Gasteiger partial charge in [0.2, 0.25) is 0 Å². The summed E-state index contributed by atoms with van der Waals surface area (Å²) in [5.41, 5.74) is 0.667. The van der Waals surface area contributed by atoms with Crippen molar-refractivity contribution in [1.82, 2.24) is 5.32 Å². The topological polar surface area (TPSA) is 92.5 Å². The molecule has 0 aliphatic carbocycles. The number of aliphatic carboxylic acids is 1. The zero-order chi connectivity index (χ0) is 12.8. The minimum atomic E-state index is -0.937. The number of hydrogen-bond acceptors (Lipinski definition) is 4. The van der Waals surface area contributed by atoms with Gasteiger partial charge in [0.1, 0.15) is 6.04 Å². The van der Waals surface area contributed by atoms with E-state index in [1.165, 1.54) is 13.0 Å². The number of carbonyl (C=O) groups is 1. The lowest BCUT2D eigenvalue weighted by molar-refractivity contribution is -0.385. The molecule has 0 unspecified atom stereocenters. The van der Waals surface area contributed by atoms with Crippen molar-refractivity contribution in [3.8, 4) is 0 Å². The molecule has 1 rings (SSSR count). The Morgan fingerprint density at radius 1 is 1.53 bits per heavy atom. The van der Waals surface area contributed by atoms with Gasteiger partial charge in [0.05, 0.1) is 4.92 Å². The molecule has 6 heteroatoms. The van der Waals surface area contributed by atoms with E-state index in [4.69, 9.17) is 5.11 Å². The molecule has 0 aliphatic rings. The van der Waals surface area contributed by atoms with Gasteiger partial charge in [-0.2, -0.15) is 0 Å². The van der Waals surface area contributed by atoms with Crippen molar-refractivity contribution >= 4 is 11.7 Å². The van der Waals surface area contributed by atoms with Crippen molar-refractivity contribution in [2.75, 3.05) is 6.54 Å². The van der Waals surface area contributed by atoms with Gasteiger partial charge < -0.3 is 10.4 Å². The predicted octanol–water partition coefficient (Wildman–Crippen LogP) is 1.20. The van der Waals surface area contributed by atoms with Crippen LogP contribution in [0.1, 0.15) is 12.5 Å². The van der Waals surface area contributed by atoms with Gasteiger partial charge in [0.15, 0.2) is 0 Å². The maximum Gasteiger partial charge on any atom is 0.320 e. The zero-order valence-corrected chi connectivity index (χ0v) is 9.42. The average molecular weight is 238 g/mol. The molecule has 2 N–H and O–H groups in total. The predicted molar refractivity (Wildman–Crippen MR) is 61.9 cm³/mol. The van der Waals surface area contributed by atoms with E-state index in [2.05, 4.69) is 5.32 Å². The van der Waals surface area contributed by atoms with E-state index >= 15 is 0 Å². The number of nitro groups is 1. The van der Waals surface area contributed by atoms with Gasteiger partial charge in [-0.05, 0) is 13.3 Å². The lowest BCUT2D eigenvalue weighted by atomic mass is 10.1. The number of nitrogens with zero attached hydrogens (tertiary/aromatic N) is 1. The SMILES string of the molecule is C[C@@H](NCCc1ccccc1[N+](=O)[O-])C(=O)O. The standard InChI is InChI=1S/C11H14N2O4/c1-8(11(14)15)12-7-6-9-4-2-3-5-10(9)13(16)17/h2-5,8,12H,6-7H2,1H3,(H,14,15)/t8-/m1/s1. The van der Waals surface area contributed by atoms with Crippen LogP contribution in [0.4, 0.5) is 5.69 Å². The van der Waals surface area contributed by atoms with Gasteiger partial charge in [0.25, 0.3) is 5.69 Å². The molecule has 1 aromatic carbocycles. The summed E-state index contributed by atoms with van der Waals surface area (Å²) in [5.74, 6) is -0.937. The second-order valence-electron chi connectivity index (χ2n) is 3.65. The monoisotopic (exact) mass is 238 g/mol. The fourth-order valence-electron chi connectivity index (χ4n) is 1.41. The van der Waals surface area contributed by atoms with Crippen LogP contribution in [-0.4, -0.2) is 28.6 Å². The zero-order valence-electron chi connectivity index (χ0n) is 9.42. The molecular formula is C11H14N2O4. The minimum absolute atomic E-state index is 0.0669. The third-order valence-electron chi connectivity index (χ3n) is 2.40. The first-order valence-electron chi connectivity index (χ1n) is 5.21. The van der Waals surface area contributed by atoms with Gasteiger partial charge >= 0.3 is 5.97 Å². The van der Waals surface area contributed by atoms with Crippen LogP contribution in [0.2, 0.25) is 0 Å².